The summed E-state index contributed by atoms with van der Waals surface area (Å²) in [6.45, 7) is 3.72. The number of amides is 1. The first-order valence-corrected chi connectivity index (χ1v) is 8.37. The van der Waals surface area contributed by atoms with Crippen molar-refractivity contribution in [1.29, 1.82) is 0 Å². The summed E-state index contributed by atoms with van der Waals surface area (Å²) < 4.78 is 1.82. The molecule has 21 heavy (non-hydrogen) atoms. The molecule has 0 spiro atoms. The van der Waals surface area contributed by atoms with Gasteiger partial charge in [0.1, 0.15) is 0 Å². The first-order chi connectivity index (χ1) is 10.3. The average molecular weight is 291 g/mol. The van der Waals surface area contributed by atoms with E-state index in [9.17, 15) is 4.79 Å². The molecule has 6 nitrogen and oxygen atoms in total. The van der Waals surface area contributed by atoms with Gasteiger partial charge in [0.25, 0.3) is 0 Å². The Labute approximate surface area is 125 Å². The molecule has 116 valence electrons. The Kier molecular flexibility index (Phi) is 4.51. The lowest BCUT2D eigenvalue weighted by Gasteiger charge is -2.35. The summed E-state index contributed by atoms with van der Waals surface area (Å²) in [6, 6.07) is 0.420. The van der Waals surface area contributed by atoms with Crippen molar-refractivity contribution in [1.82, 2.24) is 25.1 Å². The average Bonchev–Trinajstić information content (AvgIpc) is 2.88. The minimum atomic E-state index is -0.149. The van der Waals surface area contributed by atoms with Crippen LogP contribution in [0.4, 0.5) is 0 Å². The molecule has 1 saturated carbocycles. The molecule has 1 aromatic rings. The van der Waals surface area contributed by atoms with E-state index < -0.39 is 0 Å². The van der Waals surface area contributed by atoms with E-state index in [0.29, 0.717) is 6.04 Å². The summed E-state index contributed by atoms with van der Waals surface area (Å²) in [5.74, 6) is 0.860. The Balaban J connectivity index is 1.79. The number of rotatable bonds is 3. The van der Waals surface area contributed by atoms with Gasteiger partial charge < -0.3 is 4.90 Å². The van der Waals surface area contributed by atoms with Crippen LogP contribution in [0.5, 0.6) is 0 Å². The van der Waals surface area contributed by atoms with E-state index in [1.807, 2.05) is 4.68 Å². The molecule has 1 atom stereocenters. The van der Waals surface area contributed by atoms with Crippen molar-refractivity contribution in [3.05, 3.63) is 5.82 Å². The predicted molar refractivity (Wildman–Crippen MR) is 78.7 cm³/mol. The Hall–Kier alpha value is -1.46. The van der Waals surface area contributed by atoms with Crippen molar-refractivity contribution in [2.45, 2.75) is 76.8 Å². The third-order valence-corrected chi connectivity index (χ3v) is 4.92. The van der Waals surface area contributed by atoms with E-state index in [0.717, 1.165) is 51.0 Å². The highest BCUT2D eigenvalue weighted by Gasteiger charge is 2.34. The van der Waals surface area contributed by atoms with Gasteiger partial charge in [0.2, 0.25) is 5.91 Å². The number of hydrogen-bond donors (Lipinski definition) is 0. The molecule has 3 rings (SSSR count). The van der Waals surface area contributed by atoms with Crippen LogP contribution in [0.1, 0.15) is 70.0 Å². The lowest BCUT2D eigenvalue weighted by Crippen LogP contribution is -2.44. The highest BCUT2D eigenvalue weighted by molar-refractivity contribution is 5.83. The molecule has 0 saturated heterocycles. The van der Waals surface area contributed by atoms with Crippen LogP contribution in [0.15, 0.2) is 0 Å². The Morgan fingerprint density at radius 3 is 2.71 bits per heavy atom. The van der Waals surface area contributed by atoms with Crippen LogP contribution in [0.2, 0.25) is 0 Å². The minimum Gasteiger partial charge on any atom is -0.339 e. The van der Waals surface area contributed by atoms with Gasteiger partial charge in [-0.2, -0.15) is 0 Å². The molecule has 0 N–H and O–H groups in total. The molecule has 1 aliphatic carbocycles. The minimum absolute atomic E-state index is 0.149. The fourth-order valence-corrected chi connectivity index (χ4v) is 3.78. The maximum absolute atomic E-state index is 13.1. The number of carbonyl (C=O) groups excluding carboxylic acids is 1. The SMILES string of the molecule is CCN(C(=O)[C@H]1CCCCn2nnnc21)C1CCCCC1. The van der Waals surface area contributed by atoms with Gasteiger partial charge in [-0.1, -0.05) is 25.7 Å². The van der Waals surface area contributed by atoms with Crippen molar-refractivity contribution in [2.75, 3.05) is 6.54 Å². The highest BCUT2D eigenvalue weighted by atomic mass is 16.2. The summed E-state index contributed by atoms with van der Waals surface area (Å²) in [7, 11) is 0. The molecule has 0 bridgehead atoms. The number of carbonyl (C=O) groups is 1. The molecule has 0 radical (unpaired) electrons. The lowest BCUT2D eigenvalue weighted by molar-refractivity contribution is -0.136. The van der Waals surface area contributed by atoms with E-state index >= 15 is 0 Å². The van der Waals surface area contributed by atoms with E-state index in [4.69, 9.17) is 0 Å². The standard InChI is InChI=1S/C15H25N5O/c1-2-19(12-8-4-3-5-9-12)15(21)13-10-6-7-11-20-14(13)16-17-18-20/h12-13H,2-11H2,1H3/t13-/m0/s1. The summed E-state index contributed by atoms with van der Waals surface area (Å²) in [5, 5.41) is 11.9. The fourth-order valence-electron chi connectivity index (χ4n) is 3.78. The largest absolute Gasteiger partial charge is 0.339 e. The van der Waals surface area contributed by atoms with Gasteiger partial charge in [0.05, 0.1) is 5.92 Å². The summed E-state index contributed by atoms with van der Waals surface area (Å²) >= 11 is 0. The van der Waals surface area contributed by atoms with E-state index in [-0.39, 0.29) is 11.8 Å². The van der Waals surface area contributed by atoms with Gasteiger partial charge in [-0.05, 0) is 43.0 Å². The normalized spacial score (nSPS) is 23.4. The Morgan fingerprint density at radius 2 is 1.95 bits per heavy atom. The van der Waals surface area contributed by atoms with Gasteiger partial charge in [-0.15, -0.1) is 5.10 Å². The quantitative estimate of drug-likeness (QED) is 0.855. The smallest absolute Gasteiger partial charge is 0.233 e. The highest BCUT2D eigenvalue weighted by Crippen LogP contribution is 2.29. The maximum atomic E-state index is 13.1. The van der Waals surface area contributed by atoms with Crippen molar-refractivity contribution in [3.63, 3.8) is 0 Å². The number of nitrogens with zero attached hydrogens (tertiary/aromatic N) is 5. The summed E-state index contributed by atoms with van der Waals surface area (Å²) in [4.78, 5) is 15.2. The second kappa shape index (κ2) is 6.54. The van der Waals surface area contributed by atoms with Crippen LogP contribution in [0.25, 0.3) is 0 Å². The van der Waals surface area contributed by atoms with Crippen LogP contribution >= 0.6 is 0 Å². The second-order valence-electron chi connectivity index (χ2n) is 6.22. The van der Waals surface area contributed by atoms with E-state index in [2.05, 4.69) is 27.3 Å². The van der Waals surface area contributed by atoms with Crippen LogP contribution < -0.4 is 0 Å². The molecule has 1 aromatic heterocycles. The molecule has 0 unspecified atom stereocenters. The number of hydrogen-bond acceptors (Lipinski definition) is 4. The lowest BCUT2D eigenvalue weighted by atomic mass is 9.92. The van der Waals surface area contributed by atoms with Crippen molar-refractivity contribution >= 4 is 5.91 Å². The molecule has 6 heteroatoms. The van der Waals surface area contributed by atoms with Crippen LogP contribution in [-0.4, -0.2) is 43.6 Å². The maximum Gasteiger partial charge on any atom is 0.233 e. The molecule has 0 aromatic carbocycles. The monoisotopic (exact) mass is 291 g/mol. The topological polar surface area (TPSA) is 63.9 Å². The summed E-state index contributed by atoms with van der Waals surface area (Å²) in [5.41, 5.74) is 0. The first kappa shape index (κ1) is 14.5. The zero-order valence-corrected chi connectivity index (χ0v) is 12.9. The molecule has 2 aliphatic rings. The van der Waals surface area contributed by atoms with Crippen LogP contribution in [0.3, 0.4) is 0 Å². The summed E-state index contributed by atoms with van der Waals surface area (Å²) in [6.07, 6.45) is 9.09. The first-order valence-electron chi connectivity index (χ1n) is 8.37. The van der Waals surface area contributed by atoms with Crippen molar-refractivity contribution < 1.29 is 4.79 Å². The molecule has 1 fully saturated rings. The molecule has 2 heterocycles. The van der Waals surface area contributed by atoms with Gasteiger partial charge >= 0.3 is 0 Å². The number of fused-ring (bicyclic) bond motifs is 1. The Morgan fingerprint density at radius 1 is 1.19 bits per heavy atom. The van der Waals surface area contributed by atoms with Crippen molar-refractivity contribution in [3.8, 4) is 0 Å². The van der Waals surface area contributed by atoms with E-state index in [1.165, 1.54) is 19.3 Å². The van der Waals surface area contributed by atoms with Crippen molar-refractivity contribution in [2.24, 2.45) is 0 Å². The predicted octanol–water partition coefficient (Wildman–Crippen LogP) is 2.12. The molecule has 1 amide bonds. The molecular formula is C15H25N5O. The zero-order chi connectivity index (χ0) is 14.7. The number of tetrazole rings is 1. The fraction of sp³-hybridized carbons (Fsp3) is 0.867. The van der Waals surface area contributed by atoms with Gasteiger partial charge in [-0.25, -0.2) is 4.68 Å². The van der Waals surface area contributed by atoms with Crippen LogP contribution in [-0.2, 0) is 11.3 Å². The number of aromatic nitrogens is 4. The van der Waals surface area contributed by atoms with Crippen LogP contribution in [0, 0.1) is 0 Å². The van der Waals surface area contributed by atoms with Gasteiger partial charge in [0.15, 0.2) is 5.82 Å². The van der Waals surface area contributed by atoms with Gasteiger partial charge in [-0.3, -0.25) is 4.79 Å². The van der Waals surface area contributed by atoms with Gasteiger partial charge in [0, 0.05) is 19.1 Å². The second-order valence-corrected chi connectivity index (χ2v) is 6.22. The molecule has 1 aliphatic heterocycles. The third-order valence-electron chi connectivity index (χ3n) is 4.92. The zero-order valence-electron chi connectivity index (χ0n) is 12.9. The Bertz CT molecular complexity index is 480. The number of likely N-dealkylation sites (N-methyl/N-ethyl adjacent to an activating group) is 1. The van der Waals surface area contributed by atoms with E-state index in [1.54, 1.807) is 0 Å². The third kappa shape index (κ3) is 2.94. The molecular weight excluding hydrogens is 266 g/mol. The number of aryl methyl sites for hydroxylation is 1.